The number of benzene rings is 2. The van der Waals surface area contributed by atoms with Gasteiger partial charge in [-0.1, -0.05) is 56.3 Å². The van der Waals surface area contributed by atoms with E-state index >= 15 is 0 Å². The number of carbonyl (C=O) groups is 1. The Kier molecular flexibility index (Phi) is 3.99. The molecule has 0 spiro atoms. The summed E-state index contributed by atoms with van der Waals surface area (Å²) in [6, 6.07) is 17.6. The molecule has 1 heterocycles. The van der Waals surface area contributed by atoms with E-state index in [9.17, 15) is 4.79 Å². The number of nitrogens with zero attached hydrogens (tertiary/aromatic N) is 1. The molecule has 114 valence electrons. The molecule has 0 saturated heterocycles. The van der Waals surface area contributed by atoms with Crippen molar-refractivity contribution >= 4 is 16.7 Å². The Morgan fingerprint density at radius 3 is 2.48 bits per heavy atom. The van der Waals surface area contributed by atoms with Gasteiger partial charge in [0.05, 0.1) is 18.2 Å². The molecule has 1 aromatic heterocycles. The minimum absolute atomic E-state index is 0.0678. The van der Waals surface area contributed by atoms with E-state index in [2.05, 4.69) is 24.9 Å². The second-order valence-corrected chi connectivity index (χ2v) is 5.96. The number of nitrogens with one attached hydrogen (secondary N) is 1. The minimum atomic E-state index is -0.0678. The summed E-state index contributed by atoms with van der Waals surface area (Å²) in [7, 11) is 0. The molecule has 3 rings (SSSR count). The second kappa shape index (κ2) is 6.10. The van der Waals surface area contributed by atoms with Crippen LogP contribution in [0.2, 0.25) is 0 Å². The highest BCUT2D eigenvalue weighted by molar-refractivity contribution is 6.11. The van der Waals surface area contributed by atoms with Crippen molar-refractivity contribution in [3.63, 3.8) is 0 Å². The van der Waals surface area contributed by atoms with E-state index in [1.165, 1.54) is 5.56 Å². The second-order valence-electron chi connectivity index (χ2n) is 5.96. The van der Waals surface area contributed by atoms with Crippen molar-refractivity contribution in [1.82, 2.24) is 4.98 Å². The lowest BCUT2D eigenvalue weighted by molar-refractivity contribution is 0.103. The SMILES string of the molecule is CC(C)c1ccc(C(=O)c2[nH]c3ccccc3c2CC#N)cc1. The Morgan fingerprint density at radius 1 is 1.13 bits per heavy atom. The van der Waals surface area contributed by atoms with Gasteiger partial charge in [-0.05, 0) is 17.5 Å². The van der Waals surface area contributed by atoms with E-state index in [1.807, 2.05) is 48.5 Å². The molecule has 0 amide bonds. The van der Waals surface area contributed by atoms with E-state index in [0.717, 1.165) is 16.5 Å². The van der Waals surface area contributed by atoms with Crippen molar-refractivity contribution in [1.29, 1.82) is 5.26 Å². The Labute approximate surface area is 135 Å². The molecule has 0 aliphatic rings. The van der Waals surface area contributed by atoms with Crippen molar-refractivity contribution in [3.05, 3.63) is 70.9 Å². The Bertz CT molecular complexity index is 896. The molecule has 3 heteroatoms. The summed E-state index contributed by atoms with van der Waals surface area (Å²) < 4.78 is 0. The number of aromatic amines is 1. The van der Waals surface area contributed by atoms with Crippen LogP contribution in [0.25, 0.3) is 10.9 Å². The van der Waals surface area contributed by atoms with Crippen LogP contribution >= 0.6 is 0 Å². The summed E-state index contributed by atoms with van der Waals surface area (Å²) in [6.07, 6.45) is 0.217. The highest BCUT2D eigenvalue weighted by Gasteiger charge is 2.18. The van der Waals surface area contributed by atoms with Gasteiger partial charge in [0.1, 0.15) is 0 Å². The van der Waals surface area contributed by atoms with Gasteiger partial charge in [0.15, 0.2) is 0 Å². The number of ketones is 1. The smallest absolute Gasteiger partial charge is 0.209 e. The molecule has 2 aromatic carbocycles. The van der Waals surface area contributed by atoms with Crippen LogP contribution in [-0.2, 0) is 6.42 Å². The zero-order valence-electron chi connectivity index (χ0n) is 13.3. The van der Waals surface area contributed by atoms with E-state index in [-0.39, 0.29) is 12.2 Å². The van der Waals surface area contributed by atoms with Gasteiger partial charge in [-0.25, -0.2) is 0 Å². The summed E-state index contributed by atoms with van der Waals surface area (Å²) in [5.41, 5.74) is 4.03. The summed E-state index contributed by atoms with van der Waals surface area (Å²) >= 11 is 0. The van der Waals surface area contributed by atoms with Crippen LogP contribution in [-0.4, -0.2) is 10.8 Å². The van der Waals surface area contributed by atoms with Crippen LogP contribution in [0.5, 0.6) is 0 Å². The predicted molar refractivity (Wildman–Crippen MR) is 91.6 cm³/mol. The lowest BCUT2D eigenvalue weighted by Crippen LogP contribution is -2.05. The molecular weight excluding hydrogens is 284 g/mol. The molecule has 0 unspecified atom stereocenters. The van der Waals surface area contributed by atoms with Gasteiger partial charge in [-0.3, -0.25) is 4.79 Å². The quantitative estimate of drug-likeness (QED) is 0.717. The third-order valence-corrected chi connectivity index (χ3v) is 4.14. The average Bonchev–Trinajstić information content (AvgIpc) is 2.93. The Balaban J connectivity index is 2.07. The first-order valence-corrected chi connectivity index (χ1v) is 7.73. The van der Waals surface area contributed by atoms with Crippen LogP contribution in [0, 0.1) is 11.3 Å². The van der Waals surface area contributed by atoms with E-state index in [0.29, 0.717) is 17.2 Å². The molecule has 0 saturated carbocycles. The molecule has 0 fully saturated rings. The minimum Gasteiger partial charge on any atom is -0.352 e. The summed E-state index contributed by atoms with van der Waals surface area (Å²) in [6.45, 7) is 4.25. The number of rotatable bonds is 4. The lowest BCUT2D eigenvalue weighted by Gasteiger charge is -2.06. The maximum atomic E-state index is 12.9. The molecule has 23 heavy (non-hydrogen) atoms. The third-order valence-electron chi connectivity index (χ3n) is 4.14. The van der Waals surface area contributed by atoms with Gasteiger partial charge in [0.25, 0.3) is 0 Å². The fraction of sp³-hybridized carbons (Fsp3) is 0.200. The molecule has 0 aliphatic heterocycles. The first-order chi connectivity index (χ1) is 11.1. The van der Waals surface area contributed by atoms with Crippen LogP contribution in [0.1, 0.15) is 46.9 Å². The van der Waals surface area contributed by atoms with Gasteiger partial charge >= 0.3 is 0 Å². The fourth-order valence-electron chi connectivity index (χ4n) is 2.82. The highest BCUT2D eigenvalue weighted by atomic mass is 16.1. The van der Waals surface area contributed by atoms with Crippen molar-refractivity contribution < 1.29 is 4.79 Å². The third kappa shape index (κ3) is 2.76. The number of hydrogen-bond donors (Lipinski definition) is 1. The lowest BCUT2D eigenvalue weighted by atomic mass is 9.98. The molecule has 0 bridgehead atoms. The van der Waals surface area contributed by atoms with Crippen LogP contribution in [0.4, 0.5) is 0 Å². The first kappa shape index (κ1) is 15.1. The Morgan fingerprint density at radius 2 is 1.83 bits per heavy atom. The predicted octanol–water partition coefficient (Wildman–Crippen LogP) is 4.59. The molecule has 0 radical (unpaired) electrons. The van der Waals surface area contributed by atoms with Crippen LogP contribution < -0.4 is 0 Å². The van der Waals surface area contributed by atoms with Gasteiger partial charge < -0.3 is 4.98 Å². The van der Waals surface area contributed by atoms with Crippen molar-refractivity contribution in [2.24, 2.45) is 0 Å². The first-order valence-electron chi connectivity index (χ1n) is 7.73. The molecular formula is C20H18N2O. The fourth-order valence-corrected chi connectivity index (χ4v) is 2.82. The van der Waals surface area contributed by atoms with Crippen LogP contribution in [0.15, 0.2) is 48.5 Å². The zero-order chi connectivity index (χ0) is 16.4. The summed E-state index contributed by atoms with van der Waals surface area (Å²) in [5, 5.41) is 10.0. The largest absolute Gasteiger partial charge is 0.352 e. The molecule has 0 atom stereocenters. The standard InChI is InChI=1S/C20H18N2O/c1-13(2)14-7-9-15(10-8-14)20(23)19-17(11-12-21)16-5-3-4-6-18(16)22-19/h3-10,13,22H,11H2,1-2H3. The van der Waals surface area contributed by atoms with Crippen molar-refractivity contribution in [2.45, 2.75) is 26.2 Å². The van der Waals surface area contributed by atoms with Crippen LogP contribution in [0.3, 0.4) is 0 Å². The maximum absolute atomic E-state index is 12.9. The number of hydrogen-bond acceptors (Lipinski definition) is 2. The maximum Gasteiger partial charge on any atom is 0.209 e. The zero-order valence-corrected chi connectivity index (χ0v) is 13.3. The number of carbonyl (C=O) groups excluding carboxylic acids is 1. The van der Waals surface area contributed by atoms with Gasteiger partial charge in [0, 0.05) is 22.0 Å². The van der Waals surface area contributed by atoms with Gasteiger partial charge in [0.2, 0.25) is 5.78 Å². The monoisotopic (exact) mass is 302 g/mol. The Hall–Kier alpha value is -2.86. The van der Waals surface area contributed by atoms with Crippen molar-refractivity contribution in [3.8, 4) is 6.07 Å². The van der Waals surface area contributed by atoms with Gasteiger partial charge in [-0.15, -0.1) is 0 Å². The molecule has 1 N–H and O–H groups in total. The number of H-pyrrole nitrogens is 1. The molecule has 3 nitrogen and oxygen atoms in total. The topological polar surface area (TPSA) is 56.6 Å². The number of para-hydroxylation sites is 1. The number of aromatic nitrogens is 1. The number of nitriles is 1. The van der Waals surface area contributed by atoms with Gasteiger partial charge in [-0.2, -0.15) is 5.26 Å². The summed E-state index contributed by atoms with van der Waals surface area (Å²) in [5.74, 6) is 0.364. The highest BCUT2D eigenvalue weighted by Crippen LogP contribution is 2.25. The van der Waals surface area contributed by atoms with E-state index in [1.54, 1.807) is 0 Å². The van der Waals surface area contributed by atoms with E-state index < -0.39 is 0 Å². The normalized spacial score (nSPS) is 10.9. The summed E-state index contributed by atoms with van der Waals surface area (Å²) in [4.78, 5) is 16.0. The molecule has 3 aromatic rings. The average molecular weight is 302 g/mol. The number of fused-ring (bicyclic) bond motifs is 1. The molecule has 0 aliphatic carbocycles. The van der Waals surface area contributed by atoms with Crippen molar-refractivity contribution in [2.75, 3.05) is 0 Å². The van der Waals surface area contributed by atoms with E-state index in [4.69, 9.17) is 5.26 Å².